The van der Waals surface area contributed by atoms with Gasteiger partial charge in [0.05, 0.1) is 0 Å². The number of hydrogen-bond acceptors (Lipinski definition) is 3. The van der Waals surface area contributed by atoms with E-state index in [4.69, 9.17) is 9.89 Å². The highest BCUT2D eigenvalue weighted by Crippen LogP contribution is 2.26. The van der Waals surface area contributed by atoms with Crippen LogP contribution in [0.4, 0.5) is 0 Å². The van der Waals surface area contributed by atoms with Crippen molar-refractivity contribution < 1.29 is 9.32 Å². The molecular weight excluding hydrogens is 164 g/mol. The lowest BCUT2D eigenvalue weighted by atomic mass is 9.82. The predicted molar refractivity (Wildman–Crippen MR) is 43.5 cm³/mol. The second-order valence-electron chi connectivity index (χ2n) is 3.18. The van der Waals surface area contributed by atoms with Crippen molar-refractivity contribution in [3.63, 3.8) is 0 Å². The van der Waals surface area contributed by atoms with Gasteiger partial charge in [0.2, 0.25) is 0 Å². The lowest BCUT2D eigenvalue weighted by molar-refractivity contribution is 0.138. The Bertz CT molecular complexity index is 219. The third-order valence-electron chi connectivity index (χ3n) is 1.89. The fraction of sp³-hybridized carbons (Fsp3) is 1.00. The van der Waals surface area contributed by atoms with Crippen LogP contribution in [0.25, 0.3) is 0 Å². The molecule has 0 aromatic heterocycles. The zero-order chi connectivity index (χ0) is 8.48. The van der Waals surface area contributed by atoms with E-state index >= 15 is 0 Å². The molecule has 0 amide bonds. The highest BCUT2D eigenvalue weighted by atomic mass is 32.2. The van der Waals surface area contributed by atoms with Crippen LogP contribution in [-0.2, 0) is 9.92 Å². The molecule has 1 atom stereocenters. The zero-order valence-corrected chi connectivity index (χ0v) is 7.36. The normalized spacial score (nSPS) is 35.8. The summed E-state index contributed by atoms with van der Waals surface area (Å²) in [5, 5.41) is 8.66. The van der Waals surface area contributed by atoms with Crippen LogP contribution < -0.4 is 4.72 Å². The van der Waals surface area contributed by atoms with Gasteiger partial charge < -0.3 is 5.11 Å². The van der Waals surface area contributed by atoms with Crippen LogP contribution >= 0.6 is 0 Å². The molecule has 0 aromatic rings. The summed E-state index contributed by atoms with van der Waals surface area (Å²) in [6.07, 6.45) is 3.07. The smallest absolute Gasteiger partial charge is 0.102 e. The summed E-state index contributed by atoms with van der Waals surface area (Å²) in [5.41, 5.74) is 0. The first-order chi connectivity index (χ1) is 5.01. The van der Waals surface area contributed by atoms with Crippen molar-refractivity contribution in [2.24, 2.45) is 5.92 Å². The van der Waals surface area contributed by atoms with Gasteiger partial charge in [-0.25, -0.2) is 13.7 Å². The summed E-state index contributed by atoms with van der Waals surface area (Å²) in [4.78, 5) is 0. The van der Waals surface area contributed by atoms with E-state index in [-0.39, 0.29) is 12.6 Å². The minimum atomic E-state index is -2.55. The summed E-state index contributed by atoms with van der Waals surface area (Å²) in [6, 6.07) is 0.183. The maximum Gasteiger partial charge on any atom is 0.102 e. The molecule has 11 heavy (non-hydrogen) atoms. The Morgan fingerprint density at radius 3 is 2.64 bits per heavy atom. The van der Waals surface area contributed by atoms with Crippen LogP contribution in [0.5, 0.6) is 0 Å². The van der Waals surface area contributed by atoms with Crippen molar-refractivity contribution in [3.05, 3.63) is 0 Å². The molecule has 0 radical (unpaired) electrons. The van der Waals surface area contributed by atoms with Crippen molar-refractivity contribution in [2.75, 3.05) is 12.9 Å². The van der Waals surface area contributed by atoms with E-state index in [1.807, 2.05) is 0 Å². The zero-order valence-electron chi connectivity index (χ0n) is 6.54. The van der Waals surface area contributed by atoms with E-state index < -0.39 is 9.92 Å². The standard InChI is InChI=1S/C6H14N2O2S/c1-11(7,10)8-6-2-5(3-6)4-9/h5-6,9H,2-4H2,1H3,(H2,7,8,10). The Balaban J connectivity index is 2.24. The summed E-state index contributed by atoms with van der Waals surface area (Å²) in [6.45, 7) is 0.209. The molecule has 0 bridgehead atoms. The van der Waals surface area contributed by atoms with Crippen LogP contribution in [0.3, 0.4) is 0 Å². The van der Waals surface area contributed by atoms with Crippen LogP contribution in [0.1, 0.15) is 12.8 Å². The van der Waals surface area contributed by atoms with Crippen LogP contribution in [0.2, 0.25) is 0 Å². The fourth-order valence-electron chi connectivity index (χ4n) is 1.30. The topological polar surface area (TPSA) is 73.2 Å². The van der Waals surface area contributed by atoms with Gasteiger partial charge in [-0.15, -0.1) is 0 Å². The van der Waals surface area contributed by atoms with Crippen molar-refractivity contribution in [3.8, 4) is 0 Å². The summed E-state index contributed by atoms with van der Waals surface area (Å²) < 4.78 is 20.7. The maximum absolute atomic E-state index is 10.9. The minimum absolute atomic E-state index is 0.183. The monoisotopic (exact) mass is 178 g/mol. The van der Waals surface area contributed by atoms with Gasteiger partial charge in [0.25, 0.3) is 0 Å². The maximum atomic E-state index is 10.9. The summed E-state index contributed by atoms with van der Waals surface area (Å²) >= 11 is 0. The van der Waals surface area contributed by atoms with Crippen molar-refractivity contribution in [1.82, 2.24) is 4.72 Å². The first-order valence-corrected chi connectivity index (χ1v) is 5.60. The van der Waals surface area contributed by atoms with E-state index in [9.17, 15) is 4.21 Å². The molecule has 66 valence electrons. The molecule has 0 aromatic carbocycles. The number of nitrogens with one attached hydrogen (secondary N) is 2. The molecule has 0 spiro atoms. The van der Waals surface area contributed by atoms with Gasteiger partial charge in [-0.05, 0) is 18.8 Å². The van der Waals surface area contributed by atoms with E-state index in [1.54, 1.807) is 0 Å². The number of rotatable bonds is 3. The minimum Gasteiger partial charge on any atom is -0.396 e. The average Bonchev–Trinajstić information content (AvgIpc) is 1.75. The largest absolute Gasteiger partial charge is 0.396 e. The van der Waals surface area contributed by atoms with Crippen LogP contribution in [-0.4, -0.2) is 28.2 Å². The first-order valence-electron chi connectivity index (χ1n) is 3.63. The molecule has 1 unspecified atom stereocenters. The molecule has 4 nitrogen and oxygen atoms in total. The molecule has 1 aliphatic rings. The number of aliphatic hydroxyl groups excluding tert-OH is 1. The van der Waals surface area contributed by atoms with E-state index in [2.05, 4.69) is 4.72 Å². The summed E-state index contributed by atoms with van der Waals surface area (Å²) in [5.74, 6) is 0.356. The second-order valence-corrected chi connectivity index (χ2v) is 5.10. The van der Waals surface area contributed by atoms with E-state index in [1.165, 1.54) is 6.26 Å². The highest BCUT2D eigenvalue weighted by molar-refractivity contribution is 7.89. The lowest BCUT2D eigenvalue weighted by Gasteiger charge is -2.34. The molecule has 0 aliphatic heterocycles. The second kappa shape index (κ2) is 3.08. The van der Waals surface area contributed by atoms with Gasteiger partial charge >= 0.3 is 0 Å². The fourth-order valence-corrected chi connectivity index (χ4v) is 2.13. The van der Waals surface area contributed by atoms with Gasteiger partial charge in [-0.1, -0.05) is 0 Å². The predicted octanol–water partition coefficient (Wildman–Crippen LogP) is -0.0615. The Hall–Kier alpha value is -0.130. The molecular formula is C6H14N2O2S. The third-order valence-corrected chi connectivity index (χ3v) is 2.67. The van der Waals surface area contributed by atoms with Gasteiger partial charge in [-0.2, -0.15) is 0 Å². The van der Waals surface area contributed by atoms with E-state index in [0.29, 0.717) is 5.92 Å². The molecule has 5 heteroatoms. The SMILES string of the molecule is CS(=N)(=O)NC1CC(CO)C1. The molecule has 1 saturated carbocycles. The highest BCUT2D eigenvalue weighted by Gasteiger charge is 2.29. The molecule has 1 rings (SSSR count). The number of aliphatic hydroxyl groups is 1. The molecule has 3 N–H and O–H groups in total. The molecule has 0 heterocycles. The van der Waals surface area contributed by atoms with Crippen LogP contribution in [0, 0.1) is 10.7 Å². The van der Waals surface area contributed by atoms with Crippen molar-refractivity contribution in [1.29, 1.82) is 4.78 Å². The Morgan fingerprint density at radius 2 is 2.27 bits per heavy atom. The van der Waals surface area contributed by atoms with Crippen molar-refractivity contribution >= 4 is 9.92 Å². The average molecular weight is 178 g/mol. The Kier molecular flexibility index (Phi) is 2.51. The molecule has 1 fully saturated rings. The van der Waals surface area contributed by atoms with Crippen molar-refractivity contribution in [2.45, 2.75) is 18.9 Å². The lowest BCUT2D eigenvalue weighted by Crippen LogP contribution is -2.44. The van der Waals surface area contributed by atoms with Crippen LogP contribution in [0.15, 0.2) is 0 Å². The quantitative estimate of drug-likeness (QED) is 0.566. The molecule has 0 saturated heterocycles. The van der Waals surface area contributed by atoms with Gasteiger partial charge in [-0.3, -0.25) is 0 Å². The number of hydrogen-bond donors (Lipinski definition) is 3. The third kappa shape index (κ3) is 2.76. The van der Waals surface area contributed by atoms with Gasteiger partial charge in [0.1, 0.15) is 9.92 Å². The van der Waals surface area contributed by atoms with Gasteiger partial charge in [0, 0.05) is 18.9 Å². The first kappa shape index (κ1) is 8.96. The Labute approximate surface area is 67.1 Å². The van der Waals surface area contributed by atoms with E-state index in [0.717, 1.165) is 12.8 Å². The summed E-state index contributed by atoms with van der Waals surface area (Å²) in [7, 11) is -2.55. The Morgan fingerprint density at radius 1 is 1.73 bits per heavy atom. The van der Waals surface area contributed by atoms with Gasteiger partial charge in [0.15, 0.2) is 0 Å². The molecule has 1 aliphatic carbocycles.